The smallest absolute Gasteiger partial charge is 0.234 e. The Morgan fingerprint density at radius 1 is 1.16 bits per heavy atom. The Labute approximate surface area is 154 Å². The number of hydrogen-bond acceptors (Lipinski definition) is 2. The van der Waals surface area contributed by atoms with Gasteiger partial charge in [-0.3, -0.25) is 4.79 Å². The number of amides is 1. The van der Waals surface area contributed by atoms with E-state index in [0.717, 1.165) is 51.1 Å². The minimum absolute atomic E-state index is 0.156. The Morgan fingerprint density at radius 3 is 2.52 bits per heavy atom. The number of rotatable bonds is 6. The Hall–Kier alpha value is -1.09. The Bertz CT molecular complexity index is 540. The van der Waals surface area contributed by atoms with Gasteiger partial charge in [0.2, 0.25) is 5.91 Å². The van der Waals surface area contributed by atoms with E-state index in [4.69, 9.17) is 0 Å². The summed E-state index contributed by atoms with van der Waals surface area (Å²) in [4.78, 5) is 17.9. The Balaban J connectivity index is 1.62. The lowest BCUT2D eigenvalue weighted by Crippen LogP contribution is -2.48. The van der Waals surface area contributed by atoms with Gasteiger partial charge in [-0.2, -0.15) is 0 Å². The lowest BCUT2D eigenvalue weighted by Gasteiger charge is -2.40. The lowest BCUT2D eigenvalue weighted by atomic mass is 9.91. The van der Waals surface area contributed by atoms with Gasteiger partial charge in [0.1, 0.15) is 0 Å². The topological polar surface area (TPSA) is 23.6 Å². The van der Waals surface area contributed by atoms with E-state index in [0.29, 0.717) is 18.0 Å². The van der Waals surface area contributed by atoms with E-state index < -0.39 is 0 Å². The van der Waals surface area contributed by atoms with Gasteiger partial charge >= 0.3 is 0 Å². The summed E-state index contributed by atoms with van der Waals surface area (Å²) in [7, 11) is 0. The highest BCUT2D eigenvalue weighted by Gasteiger charge is 2.42. The van der Waals surface area contributed by atoms with Crippen molar-refractivity contribution in [1.82, 2.24) is 9.80 Å². The van der Waals surface area contributed by atoms with Gasteiger partial charge in [0, 0.05) is 30.9 Å². The first-order chi connectivity index (χ1) is 12.0. The minimum Gasteiger partial charge on any atom is -0.309 e. The molecule has 0 saturated carbocycles. The first kappa shape index (κ1) is 18.7. The number of nitrogens with zero attached hydrogens (tertiary/aromatic N) is 2. The van der Waals surface area contributed by atoms with E-state index in [2.05, 4.69) is 49.6 Å². The van der Waals surface area contributed by atoms with E-state index in [9.17, 15) is 4.79 Å². The van der Waals surface area contributed by atoms with Crippen LogP contribution in [0.1, 0.15) is 72.6 Å². The van der Waals surface area contributed by atoms with Gasteiger partial charge in [0.05, 0.1) is 5.92 Å². The Kier molecular flexibility index (Phi) is 6.04. The largest absolute Gasteiger partial charge is 0.309 e. The molecule has 3 rings (SSSR count). The molecule has 1 aliphatic carbocycles. The van der Waals surface area contributed by atoms with Gasteiger partial charge < -0.3 is 9.80 Å². The molecule has 25 heavy (non-hydrogen) atoms. The predicted molar refractivity (Wildman–Crippen MR) is 104 cm³/mol. The molecule has 0 N–H and O–H groups in total. The van der Waals surface area contributed by atoms with E-state index >= 15 is 0 Å². The SMILES string of the molecule is CCC1C(=O)N(C2CCN(C(C)CCC(C)C)CC2)C2=C1CCC=C2. The summed E-state index contributed by atoms with van der Waals surface area (Å²) in [5, 5.41) is 0. The van der Waals surface area contributed by atoms with Crippen molar-refractivity contribution in [3.8, 4) is 0 Å². The zero-order valence-electron chi connectivity index (χ0n) is 16.6. The number of piperidine rings is 1. The van der Waals surface area contributed by atoms with Crippen molar-refractivity contribution in [2.75, 3.05) is 13.1 Å². The first-order valence-electron chi connectivity index (χ1n) is 10.5. The third-order valence-electron chi connectivity index (χ3n) is 6.46. The minimum atomic E-state index is 0.156. The van der Waals surface area contributed by atoms with Gasteiger partial charge in [0.15, 0.2) is 0 Å². The number of likely N-dealkylation sites (tertiary alicyclic amines) is 1. The van der Waals surface area contributed by atoms with E-state index in [1.807, 2.05) is 0 Å². The second-order valence-corrected chi connectivity index (χ2v) is 8.61. The van der Waals surface area contributed by atoms with Gasteiger partial charge in [-0.05, 0) is 69.4 Å². The van der Waals surface area contributed by atoms with Crippen LogP contribution in [0.25, 0.3) is 0 Å². The highest BCUT2D eigenvalue weighted by molar-refractivity contribution is 5.88. The first-order valence-corrected chi connectivity index (χ1v) is 10.5. The van der Waals surface area contributed by atoms with Gasteiger partial charge in [-0.25, -0.2) is 0 Å². The summed E-state index contributed by atoms with van der Waals surface area (Å²) in [5.41, 5.74) is 2.68. The van der Waals surface area contributed by atoms with Crippen LogP contribution in [-0.4, -0.2) is 40.9 Å². The summed E-state index contributed by atoms with van der Waals surface area (Å²) < 4.78 is 0. The van der Waals surface area contributed by atoms with Gasteiger partial charge in [0.25, 0.3) is 0 Å². The standard InChI is InChI=1S/C22H36N2O/c1-5-19-20-8-6-7-9-21(20)24(22(19)25)18-12-14-23(15-13-18)17(4)11-10-16(2)3/h7,9,16-19H,5-6,8,10-15H2,1-4H3. The summed E-state index contributed by atoms with van der Waals surface area (Å²) in [6, 6.07) is 1.08. The van der Waals surface area contributed by atoms with Crippen LogP contribution < -0.4 is 0 Å². The monoisotopic (exact) mass is 344 g/mol. The molecule has 0 spiro atoms. The summed E-state index contributed by atoms with van der Waals surface area (Å²) in [6.45, 7) is 11.4. The molecule has 3 heteroatoms. The van der Waals surface area contributed by atoms with Gasteiger partial charge in [-0.1, -0.05) is 26.8 Å². The molecule has 1 amide bonds. The molecule has 2 aliphatic heterocycles. The quantitative estimate of drug-likeness (QED) is 0.694. The summed E-state index contributed by atoms with van der Waals surface area (Å²) in [6.07, 6.45) is 12.5. The molecule has 2 atom stereocenters. The van der Waals surface area contributed by atoms with Crippen LogP contribution in [0.15, 0.2) is 23.4 Å². The number of carbonyl (C=O) groups is 1. The molecule has 1 fully saturated rings. The van der Waals surface area contributed by atoms with E-state index in [1.165, 1.54) is 24.1 Å². The second-order valence-electron chi connectivity index (χ2n) is 8.61. The van der Waals surface area contributed by atoms with Crippen molar-refractivity contribution in [3.05, 3.63) is 23.4 Å². The molecule has 140 valence electrons. The fourth-order valence-electron chi connectivity index (χ4n) is 4.83. The van der Waals surface area contributed by atoms with Crippen molar-refractivity contribution in [2.45, 2.75) is 84.7 Å². The molecular formula is C22H36N2O. The molecule has 3 aliphatic rings. The van der Waals surface area contributed by atoms with Gasteiger partial charge in [-0.15, -0.1) is 0 Å². The van der Waals surface area contributed by atoms with E-state index in [1.54, 1.807) is 0 Å². The average molecular weight is 345 g/mol. The maximum absolute atomic E-state index is 13.0. The van der Waals surface area contributed by atoms with Crippen LogP contribution in [0, 0.1) is 11.8 Å². The molecule has 0 bridgehead atoms. The van der Waals surface area contributed by atoms with Crippen molar-refractivity contribution < 1.29 is 4.79 Å². The average Bonchev–Trinajstić information content (AvgIpc) is 2.91. The van der Waals surface area contributed by atoms with Crippen molar-refractivity contribution in [1.29, 1.82) is 0 Å². The highest BCUT2D eigenvalue weighted by atomic mass is 16.2. The summed E-state index contributed by atoms with van der Waals surface area (Å²) in [5.74, 6) is 1.32. The van der Waals surface area contributed by atoms with Crippen LogP contribution in [0.2, 0.25) is 0 Å². The van der Waals surface area contributed by atoms with Crippen LogP contribution in [-0.2, 0) is 4.79 Å². The van der Waals surface area contributed by atoms with Crippen molar-refractivity contribution in [3.63, 3.8) is 0 Å². The van der Waals surface area contributed by atoms with Crippen LogP contribution in [0.5, 0.6) is 0 Å². The lowest BCUT2D eigenvalue weighted by molar-refractivity contribution is -0.133. The molecule has 3 nitrogen and oxygen atoms in total. The highest BCUT2D eigenvalue weighted by Crippen LogP contribution is 2.40. The number of allylic oxidation sites excluding steroid dienone is 2. The molecule has 2 unspecified atom stereocenters. The van der Waals surface area contributed by atoms with Crippen LogP contribution >= 0.6 is 0 Å². The molecule has 0 aromatic rings. The number of hydrogen-bond donors (Lipinski definition) is 0. The maximum atomic E-state index is 13.0. The zero-order valence-corrected chi connectivity index (χ0v) is 16.6. The third-order valence-corrected chi connectivity index (χ3v) is 6.46. The fraction of sp³-hybridized carbons (Fsp3) is 0.773. The fourth-order valence-corrected chi connectivity index (χ4v) is 4.83. The molecule has 2 heterocycles. The second kappa shape index (κ2) is 8.07. The molecular weight excluding hydrogens is 308 g/mol. The van der Waals surface area contributed by atoms with E-state index in [-0.39, 0.29) is 5.92 Å². The molecule has 0 aromatic carbocycles. The molecule has 1 saturated heterocycles. The van der Waals surface area contributed by atoms with Crippen LogP contribution in [0.3, 0.4) is 0 Å². The van der Waals surface area contributed by atoms with Crippen molar-refractivity contribution >= 4 is 5.91 Å². The zero-order chi connectivity index (χ0) is 18.0. The summed E-state index contributed by atoms with van der Waals surface area (Å²) >= 11 is 0. The third kappa shape index (κ3) is 3.86. The molecule has 0 aromatic heterocycles. The van der Waals surface area contributed by atoms with Crippen LogP contribution in [0.4, 0.5) is 0 Å². The predicted octanol–water partition coefficient (Wildman–Crippen LogP) is 4.75. The normalized spacial score (nSPS) is 26.7. The Morgan fingerprint density at radius 2 is 1.88 bits per heavy atom. The number of carbonyl (C=O) groups excluding carboxylic acids is 1. The van der Waals surface area contributed by atoms with Crippen molar-refractivity contribution in [2.24, 2.45) is 11.8 Å². The maximum Gasteiger partial charge on any atom is 0.234 e. The molecule has 0 radical (unpaired) electrons.